The molecule has 0 fully saturated rings. The van der Waals surface area contributed by atoms with Gasteiger partial charge in [0.15, 0.2) is 5.88 Å². The van der Waals surface area contributed by atoms with Gasteiger partial charge in [-0.05, 0) is 11.5 Å². The fourth-order valence-corrected chi connectivity index (χ4v) is 0.835. The summed E-state index contributed by atoms with van der Waals surface area (Å²) in [5, 5.41) is 0. The van der Waals surface area contributed by atoms with Gasteiger partial charge in [0.2, 0.25) is 0 Å². The predicted octanol–water partition coefficient (Wildman–Crippen LogP) is -1.26. The molecule has 0 bridgehead atoms. The Morgan fingerprint density at radius 1 is 1.27 bits per heavy atom. The molecule has 2 nitrogen and oxygen atoms in total. The van der Waals surface area contributed by atoms with E-state index in [-0.39, 0.29) is 51.4 Å². The molecule has 0 spiro atoms. The zero-order chi connectivity index (χ0) is 10.8. The van der Waals surface area contributed by atoms with E-state index in [1.165, 1.54) is 0 Å². The molecule has 0 aliphatic heterocycles. The summed E-state index contributed by atoms with van der Waals surface area (Å²) in [5.41, 5.74) is -1.26. The number of hydrogen-bond acceptors (Lipinski definition) is 2. The number of pyridine rings is 1. The van der Waals surface area contributed by atoms with Crippen LogP contribution >= 0.6 is 0 Å². The Labute approximate surface area is 125 Å². The molecule has 0 N–H and O–H groups in total. The molecule has 0 aliphatic carbocycles. The summed E-state index contributed by atoms with van der Waals surface area (Å²) in [7, 11) is 0. The number of aromatic nitrogens is 1. The number of halogens is 5. The summed E-state index contributed by atoms with van der Waals surface area (Å²) in [4.78, 5) is 3.08. The Morgan fingerprint density at radius 2 is 1.87 bits per heavy atom. The fraction of sp³-hybridized carbons (Fsp3) is 0.167. The van der Waals surface area contributed by atoms with E-state index in [0.717, 1.165) is 12.3 Å². The number of alkyl halides is 2. The third kappa shape index (κ3) is 4.77. The van der Waals surface area contributed by atoms with Crippen LogP contribution in [0.1, 0.15) is 0 Å². The molecule has 0 radical (unpaired) electrons. The first kappa shape index (κ1) is 15.3. The Bertz CT molecular complexity index is 321. The van der Waals surface area contributed by atoms with Crippen molar-refractivity contribution >= 4 is 12.4 Å². The van der Waals surface area contributed by atoms with Gasteiger partial charge in [-0.15, -0.1) is 0 Å². The molecule has 0 aromatic carbocycles. The van der Waals surface area contributed by atoms with Crippen molar-refractivity contribution in [2.75, 3.05) is 0 Å². The summed E-state index contributed by atoms with van der Waals surface area (Å²) in [6.45, 7) is -8.71. The first-order valence-corrected chi connectivity index (χ1v) is 3.51. The summed E-state index contributed by atoms with van der Waals surface area (Å²) in [6.07, 6.45) is 0.947. The van der Waals surface area contributed by atoms with Crippen LogP contribution in [0, 0.1) is 0 Å². The molecule has 1 rings (SSSR count). The summed E-state index contributed by atoms with van der Waals surface area (Å²) in [5.74, 6) is -1.09. The van der Waals surface area contributed by atoms with Crippen molar-refractivity contribution in [2.24, 2.45) is 0 Å². The van der Waals surface area contributed by atoms with Crippen molar-refractivity contribution in [2.45, 2.75) is 6.61 Å². The third-order valence-corrected chi connectivity index (χ3v) is 1.35. The van der Waals surface area contributed by atoms with Crippen molar-refractivity contribution in [1.82, 2.24) is 4.98 Å². The largest absolute Gasteiger partial charge is 1.00 e. The van der Waals surface area contributed by atoms with E-state index in [2.05, 4.69) is 9.72 Å². The van der Waals surface area contributed by atoms with Crippen molar-refractivity contribution < 1.29 is 77.8 Å². The number of ether oxygens (including phenoxy) is 1. The van der Waals surface area contributed by atoms with Crippen LogP contribution in [-0.4, -0.2) is 18.6 Å². The van der Waals surface area contributed by atoms with E-state index < -0.39 is 24.9 Å². The predicted molar refractivity (Wildman–Crippen MR) is 39.6 cm³/mol. The average Bonchev–Trinajstić information content (AvgIpc) is 2.01. The van der Waals surface area contributed by atoms with Gasteiger partial charge in [0.25, 0.3) is 0 Å². The van der Waals surface area contributed by atoms with Crippen LogP contribution in [0.25, 0.3) is 0 Å². The SMILES string of the molecule is FC(F)Oc1ncccc1[B-](F)(F)F.[K+]. The van der Waals surface area contributed by atoms with Crippen LogP contribution in [0.5, 0.6) is 5.88 Å². The quantitative estimate of drug-likeness (QED) is 0.494. The molecule has 78 valence electrons. The maximum atomic E-state index is 12.2. The van der Waals surface area contributed by atoms with Gasteiger partial charge >= 0.3 is 65.0 Å². The van der Waals surface area contributed by atoms with Crippen molar-refractivity contribution in [3.63, 3.8) is 0 Å². The van der Waals surface area contributed by atoms with Crippen LogP contribution in [-0.2, 0) is 0 Å². The number of nitrogens with zero attached hydrogens (tertiary/aromatic N) is 1. The molecule has 15 heavy (non-hydrogen) atoms. The van der Waals surface area contributed by atoms with Crippen molar-refractivity contribution in [1.29, 1.82) is 0 Å². The molecular weight excluding hydrogens is 247 g/mol. The molecule has 0 saturated carbocycles. The third-order valence-electron chi connectivity index (χ3n) is 1.35. The van der Waals surface area contributed by atoms with Gasteiger partial charge in [0.05, 0.1) is 0 Å². The molecule has 9 heteroatoms. The Morgan fingerprint density at radius 3 is 2.33 bits per heavy atom. The van der Waals surface area contributed by atoms with Gasteiger partial charge in [-0.25, -0.2) is 4.98 Å². The zero-order valence-corrected chi connectivity index (χ0v) is 10.8. The molecule has 0 atom stereocenters. The normalized spacial score (nSPS) is 11.1. The Kier molecular flexibility index (Phi) is 6.26. The topological polar surface area (TPSA) is 22.1 Å². The smallest absolute Gasteiger partial charge is 0.445 e. The van der Waals surface area contributed by atoms with E-state index in [1.54, 1.807) is 0 Å². The van der Waals surface area contributed by atoms with Gasteiger partial charge in [-0.2, -0.15) is 8.78 Å². The monoisotopic (exact) mass is 251 g/mol. The fourth-order valence-electron chi connectivity index (χ4n) is 0.835. The minimum atomic E-state index is -5.39. The van der Waals surface area contributed by atoms with Gasteiger partial charge < -0.3 is 17.7 Å². The standard InChI is InChI=1S/C6H4BF5NO.K/c8-6(9)14-5-4(7(10,11)12)2-1-3-13-5;/h1-3,6H;/q-1;+1. The molecule has 0 amide bonds. The van der Waals surface area contributed by atoms with Gasteiger partial charge in [-0.3, -0.25) is 0 Å². The van der Waals surface area contributed by atoms with Crippen LogP contribution < -0.4 is 61.6 Å². The average molecular weight is 251 g/mol. The Balaban J connectivity index is 0.00000196. The van der Waals surface area contributed by atoms with Crippen LogP contribution in [0.2, 0.25) is 0 Å². The molecule has 1 aromatic heterocycles. The van der Waals surface area contributed by atoms with Crippen molar-refractivity contribution in [3.8, 4) is 5.88 Å². The van der Waals surface area contributed by atoms with Crippen LogP contribution in [0.15, 0.2) is 18.3 Å². The second kappa shape index (κ2) is 6.14. The van der Waals surface area contributed by atoms with Crippen LogP contribution in [0.3, 0.4) is 0 Å². The van der Waals surface area contributed by atoms with E-state index in [4.69, 9.17) is 0 Å². The molecule has 0 unspecified atom stereocenters. The minimum Gasteiger partial charge on any atom is -0.445 e. The van der Waals surface area contributed by atoms with Gasteiger partial charge in [0, 0.05) is 6.20 Å². The first-order chi connectivity index (χ1) is 6.41. The van der Waals surface area contributed by atoms with Gasteiger partial charge in [-0.1, -0.05) is 6.07 Å². The van der Waals surface area contributed by atoms with E-state index in [9.17, 15) is 21.7 Å². The van der Waals surface area contributed by atoms with Crippen LogP contribution in [0.4, 0.5) is 21.7 Å². The Hall–Kier alpha value is 0.301. The van der Waals surface area contributed by atoms with E-state index >= 15 is 0 Å². The molecular formula is C6H4BF5KNO. The second-order valence-electron chi connectivity index (χ2n) is 2.35. The van der Waals surface area contributed by atoms with Gasteiger partial charge in [0.1, 0.15) is 0 Å². The number of hydrogen-bond donors (Lipinski definition) is 0. The number of rotatable bonds is 3. The van der Waals surface area contributed by atoms with Crippen molar-refractivity contribution in [3.05, 3.63) is 18.3 Å². The second-order valence-corrected chi connectivity index (χ2v) is 2.35. The summed E-state index contributed by atoms with van der Waals surface area (Å²) < 4.78 is 63.5. The molecule has 1 heterocycles. The molecule has 1 aromatic rings. The first-order valence-electron chi connectivity index (χ1n) is 3.51. The van der Waals surface area contributed by atoms with E-state index in [1.807, 2.05) is 0 Å². The zero-order valence-electron chi connectivity index (χ0n) is 7.63. The molecule has 0 aliphatic rings. The summed E-state index contributed by atoms with van der Waals surface area (Å²) >= 11 is 0. The minimum absolute atomic E-state index is 0. The van der Waals surface area contributed by atoms with E-state index in [0.29, 0.717) is 6.07 Å². The maximum Gasteiger partial charge on any atom is 1.00 e. The maximum absolute atomic E-state index is 12.2. The summed E-state index contributed by atoms with van der Waals surface area (Å²) in [6, 6.07) is 1.65. The molecule has 0 saturated heterocycles.